The number of ether oxygens (including phenoxy) is 1. The average Bonchev–Trinajstić information content (AvgIpc) is 2.42. The van der Waals surface area contributed by atoms with Gasteiger partial charge in [-0.25, -0.2) is 9.18 Å². The molecule has 0 fully saturated rings. The fraction of sp³-hybridized carbons (Fsp3) is 0.769. The highest BCUT2D eigenvalue weighted by Crippen LogP contribution is 2.49. The van der Waals surface area contributed by atoms with Crippen LogP contribution in [-0.2, 0) is 9.53 Å². The molecule has 0 bridgehead atoms. The first-order valence-corrected chi connectivity index (χ1v) is 6.57. The van der Waals surface area contributed by atoms with Gasteiger partial charge < -0.3 is 4.74 Å². The summed E-state index contributed by atoms with van der Waals surface area (Å²) in [5.74, 6) is -13.9. The maximum Gasteiger partial charge on any atom is 0.473 e. The summed E-state index contributed by atoms with van der Waals surface area (Å²) in [5.41, 5.74) is 0. The largest absolute Gasteiger partial charge is 0.473 e. The Balaban J connectivity index is 5.03. The lowest BCUT2D eigenvalue weighted by Crippen LogP contribution is -2.59. The SMILES string of the molecule is C=CC(=O)OC(F)(F)C(F)(F)C(F)(F)C(F)CCCCCC. The van der Waals surface area contributed by atoms with E-state index < -0.39 is 36.5 Å². The molecule has 0 heterocycles. The van der Waals surface area contributed by atoms with Crippen LogP contribution in [0.15, 0.2) is 12.7 Å². The lowest BCUT2D eigenvalue weighted by molar-refractivity contribution is -0.392. The molecule has 0 rings (SSSR count). The second-order valence-electron chi connectivity index (χ2n) is 4.66. The first-order chi connectivity index (χ1) is 9.94. The van der Waals surface area contributed by atoms with Crippen molar-refractivity contribution in [3.05, 3.63) is 12.7 Å². The molecule has 0 amide bonds. The summed E-state index contributed by atoms with van der Waals surface area (Å²) in [6, 6.07) is 0. The Hall–Kier alpha value is -1.28. The summed E-state index contributed by atoms with van der Waals surface area (Å²) in [5, 5.41) is 0. The van der Waals surface area contributed by atoms with E-state index in [4.69, 9.17) is 0 Å². The van der Waals surface area contributed by atoms with Crippen molar-refractivity contribution in [2.45, 2.75) is 63.2 Å². The average molecular weight is 338 g/mol. The molecule has 0 N–H and O–H groups in total. The number of halogens is 7. The highest BCUT2D eigenvalue weighted by Gasteiger charge is 2.77. The van der Waals surface area contributed by atoms with E-state index >= 15 is 0 Å². The van der Waals surface area contributed by atoms with Crippen molar-refractivity contribution in [2.75, 3.05) is 0 Å². The summed E-state index contributed by atoms with van der Waals surface area (Å²) in [4.78, 5) is 10.5. The van der Waals surface area contributed by atoms with E-state index in [0.29, 0.717) is 19.3 Å². The molecule has 0 spiro atoms. The van der Waals surface area contributed by atoms with Crippen LogP contribution in [0.1, 0.15) is 39.0 Å². The number of rotatable bonds is 10. The quantitative estimate of drug-likeness (QED) is 0.245. The number of esters is 1. The molecule has 0 aromatic heterocycles. The number of unbranched alkanes of at least 4 members (excludes halogenated alkanes) is 3. The van der Waals surface area contributed by atoms with Crippen LogP contribution in [0.2, 0.25) is 0 Å². The molecule has 0 aliphatic heterocycles. The molecule has 2 nitrogen and oxygen atoms in total. The molecule has 1 atom stereocenters. The van der Waals surface area contributed by atoms with Gasteiger partial charge in [-0.1, -0.05) is 39.2 Å². The predicted octanol–water partition coefficient (Wildman–Crippen LogP) is 4.89. The number of carbonyl (C=O) groups excluding carboxylic acids is 1. The highest BCUT2D eigenvalue weighted by molar-refractivity contribution is 5.81. The molecule has 0 radical (unpaired) electrons. The van der Waals surface area contributed by atoms with Gasteiger partial charge in [0, 0.05) is 6.08 Å². The van der Waals surface area contributed by atoms with E-state index in [-0.39, 0.29) is 12.5 Å². The van der Waals surface area contributed by atoms with Gasteiger partial charge in [-0.2, -0.15) is 26.3 Å². The Morgan fingerprint density at radius 3 is 2.14 bits per heavy atom. The topological polar surface area (TPSA) is 26.3 Å². The molecule has 130 valence electrons. The van der Waals surface area contributed by atoms with Gasteiger partial charge in [0.2, 0.25) is 0 Å². The lowest BCUT2D eigenvalue weighted by atomic mass is 10.00. The molecule has 0 aromatic carbocycles. The minimum Gasteiger partial charge on any atom is -0.393 e. The zero-order chi connectivity index (χ0) is 17.6. The van der Waals surface area contributed by atoms with Gasteiger partial charge in [0.05, 0.1) is 0 Å². The summed E-state index contributed by atoms with van der Waals surface area (Å²) in [6.45, 7) is 4.45. The fourth-order valence-electron chi connectivity index (χ4n) is 1.55. The van der Waals surface area contributed by atoms with Gasteiger partial charge in [0.1, 0.15) is 0 Å². The number of alkyl halides is 7. The highest BCUT2D eigenvalue weighted by atomic mass is 19.4. The normalized spacial score (nSPS) is 14.5. The van der Waals surface area contributed by atoms with E-state index in [0.717, 1.165) is 0 Å². The van der Waals surface area contributed by atoms with Gasteiger partial charge >= 0.3 is 23.9 Å². The van der Waals surface area contributed by atoms with E-state index in [9.17, 15) is 35.5 Å². The Labute approximate surface area is 123 Å². The molecule has 0 aliphatic carbocycles. The third kappa shape index (κ3) is 4.61. The number of carbonyl (C=O) groups is 1. The third-order valence-corrected chi connectivity index (χ3v) is 2.88. The molecule has 0 aromatic rings. The molecular formula is C13H17F7O2. The third-order valence-electron chi connectivity index (χ3n) is 2.88. The van der Waals surface area contributed by atoms with Crippen molar-refractivity contribution < 1.29 is 40.3 Å². The first kappa shape index (κ1) is 20.7. The van der Waals surface area contributed by atoms with Crippen LogP contribution >= 0.6 is 0 Å². The summed E-state index contributed by atoms with van der Waals surface area (Å²) in [6.07, 6.45) is -8.85. The first-order valence-electron chi connectivity index (χ1n) is 6.57. The van der Waals surface area contributed by atoms with E-state index in [1.807, 2.05) is 0 Å². The van der Waals surface area contributed by atoms with E-state index in [2.05, 4.69) is 11.3 Å². The fourth-order valence-corrected chi connectivity index (χ4v) is 1.55. The maximum absolute atomic E-state index is 13.3. The minimum atomic E-state index is -6.19. The van der Waals surface area contributed by atoms with Crippen LogP contribution in [0.5, 0.6) is 0 Å². The molecular weight excluding hydrogens is 321 g/mol. The van der Waals surface area contributed by atoms with Gasteiger partial charge in [-0.05, 0) is 6.42 Å². The van der Waals surface area contributed by atoms with Gasteiger partial charge in [-0.3, -0.25) is 0 Å². The van der Waals surface area contributed by atoms with Crippen molar-refractivity contribution >= 4 is 5.97 Å². The minimum absolute atomic E-state index is 0.0970. The van der Waals surface area contributed by atoms with Gasteiger partial charge in [-0.15, -0.1) is 0 Å². The van der Waals surface area contributed by atoms with Crippen molar-refractivity contribution in [2.24, 2.45) is 0 Å². The number of hydrogen-bond acceptors (Lipinski definition) is 2. The lowest BCUT2D eigenvalue weighted by Gasteiger charge is -2.33. The summed E-state index contributed by atoms with van der Waals surface area (Å²) < 4.78 is 95.5. The van der Waals surface area contributed by atoms with Crippen molar-refractivity contribution in [1.29, 1.82) is 0 Å². The second kappa shape index (κ2) is 7.82. The van der Waals surface area contributed by atoms with Crippen LogP contribution in [0.3, 0.4) is 0 Å². The molecule has 22 heavy (non-hydrogen) atoms. The van der Waals surface area contributed by atoms with Crippen LogP contribution in [0, 0.1) is 0 Å². The van der Waals surface area contributed by atoms with E-state index in [1.54, 1.807) is 6.92 Å². The monoisotopic (exact) mass is 338 g/mol. The maximum atomic E-state index is 13.3. The van der Waals surface area contributed by atoms with Crippen LogP contribution in [0.4, 0.5) is 30.7 Å². The summed E-state index contributed by atoms with van der Waals surface area (Å²) in [7, 11) is 0. The molecule has 9 heteroatoms. The standard InChI is InChI=1S/C13H17F7O2/c1-3-5-6-7-8-9(14)11(15,16)12(17,18)13(19,20)22-10(21)4-2/h4,9H,2-3,5-8H2,1H3. The van der Waals surface area contributed by atoms with Crippen LogP contribution in [-0.4, -0.2) is 30.1 Å². The van der Waals surface area contributed by atoms with Crippen molar-refractivity contribution in [1.82, 2.24) is 0 Å². The van der Waals surface area contributed by atoms with Crippen molar-refractivity contribution in [3.8, 4) is 0 Å². The molecule has 0 saturated heterocycles. The Bertz CT molecular complexity index is 383. The zero-order valence-electron chi connectivity index (χ0n) is 11.9. The van der Waals surface area contributed by atoms with Gasteiger partial charge in [0.25, 0.3) is 0 Å². The second-order valence-corrected chi connectivity index (χ2v) is 4.66. The predicted molar refractivity (Wildman–Crippen MR) is 64.8 cm³/mol. The smallest absolute Gasteiger partial charge is 0.393 e. The number of hydrogen-bond donors (Lipinski definition) is 0. The van der Waals surface area contributed by atoms with Gasteiger partial charge in [0.15, 0.2) is 6.17 Å². The Morgan fingerprint density at radius 2 is 1.68 bits per heavy atom. The molecule has 1 unspecified atom stereocenters. The summed E-state index contributed by atoms with van der Waals surface area (Å²) >= 11 is 0. The zero-order valence-corrected chi connectivity index (χ0v) is 11.9. The van der Waals surface area contributed by atoms with E-state index in [1.165, 1.54) is 0 Å². The van der Waals surface area contributed by atoms with Crippen LogP contribution in [0.25, 0.3) is 0 Å². The molecule has 0 saturated carbocycles. The van der Waals surface area contributed by atoms with Crippen LogP contribution < -0.4 is 0 Å². The van der Waals surface area contributed by atoms with Crippen molar-refractivity contribution in [3.63, 3.8) is 0 Å². The molecule has 0 aliphatic rings. The Morgan fingerprint density at radius 1 is 1.14 bits per heavy atom. The Kier molecular flexibility index (Phi) is 7.37.